The highest BCUT2D eigenvalue weighted by Gasteiger charge is 2.22. The van der Waals surface area contributed by atoms with Gasteiger partial charge in [0.25, 0.3) is 5.91 Å². The van der Waals surface area contributed by atoms with Crippen molar-refractivity contribution in [1.29, 1.82) is 0 Å². The largest absolute Gasteiger partial charge is 0.488 e. The predicted molar refractivity (Wildman–Crippen MR) is 73.4 cm³/mol. The Kier molecular flexibility index (Phi) is 5.91. The van der Waals surface area contributed by atoms with E-state index >= 15 is 0 Å². The van der Waals surface area contributed by atoms with E-state index in [2.05, 4.69) is 5.32 Å². The Morgan fingerprint density at radius 1 is 1.50 bits per heavy atom. The molecule has 0 atom stereocenters. The molecule has 1 aromatic carbocycles. The lowest BCUT2D eigenvalue weighted by Gasteiger charge is -2.20. The number of benzene rings is 1. The van der Waals surface area contributed by atoms with E-state index in [0.29, 0.717) is 30.4 Å². The number of amides is 1. The lowest BCUT2D eigenvalue weighted by molar-refractivity contribution is 0.0942. The van der Waals surface area contributed by atoms with Gasteiger partial charge in [-0.3, -0.25) is 4.79 Å². The van der Waals surface area contributed by atoms with Crippen molar-refractivity contribution >= 4 is 18.3 Å². The molecule has 1 aliphatic heterocycles. The third-order valence-electron chi connectivity index (χ3n) is 2.89. The van der Waals surface area contributed by atoms with E-state index in [4.69, 9.17) is 10.5 Å². The monoisotopic (exact) mass is 304 g/mol. The van der Waals surface area contributed by atoms with Gasteiger partial charge in [0.15, 0.2) is 0 Å². The quantitative estimate of drug-likeness (QED) is 0.890. The zero-order chi connectivity index (χ0) is 13.8. The lowest BCUT2D eigenvalue weighted by Crippen LogP contribution is -2.32. The number of ether oxygens (including phenoxy) is 1. The fourth-order valence-corrected chi connectivity index (χ4v) is 1.91. The van der Waals surface area contributed by atoms with Crippen molar-refractivity contribution in [1.82, 2.24) is 5.32 Å². The van der Waals surface area contributed by atoms with Crippen LogP contribution in [-0.4, -0.2) is 25.6 Å². The van der Waals surface area contributed by atoms with Crippen molar-refractivity contribution < 1.29 is 18.3 Å². The summed E-state index contributed by atoms with van der Waals surface area (Å²) in [5.74, 6) is -0.684. The molecule has 0 radical (unpaired) electrons. The van der Waals surface area contributed by atoms with E-state index in [1.165, 1.54) is 6.07 Å². The summed E-state index contributed by atoms with van der Waals surface area (Å²) in [6.45, 7) is 0.351. The molecular weight excluding hydrogens is 290 g/mol. The number of rotatable bonds is 4. The minimum Gasteiger partial charge on any atom is -0.488 e. The number of fused-ring (bicyclic) bond motifs is 1. The van der Waals surface area contributed by atoms with E-state index in [1.54, 1.807) is 0 Å². The van der Waals surface area contributed by atoms with Gasteiger partial charge in [-0.15, -0.1) is 12.4 Å². The van der Waals surface area contributed by atoms with Crippen LogP contribution in [0.1, 0.15) is 15.9 Å². The molecule has 4 nitrogen and oxygen atoms in total. The van der Waals surface area contributed by atoms with Crippen LogP contribution in [0.5, 0.6) is 5.75 Å². The molecule has 20 heavy (non-hydrogen) atoms. The number of halogens is 3. The number of hydrogen-bond acceptors (Lipinski definition) is 3. The standard InChI is InChI=1S/C13H14F2N2O2.ClH/c14-5-8(6-16)7-19-11-4-10(15)3-9-1-2-17-13(18)12(9)11;/h3-5H,1-2,6-7,16H2,(H,17,18);1H/b8-5-;. The molecule has 7 heteroatoms. The van der Waals surface area contributed by atoms with Gasteiger partial charge in [-0.25, -0.2) is 8.78 Å². The second-order valence-electron chi connectivity index (χ2n) is 4.20. The molecule has 0 unspecified atom stereocenters. The van der Waals surface area contributed by atoms with Crippen molar-refractivity contribution in [3.05, 3.63) is 41.0 Å². The van der Waals surface area contributed by atoms with Crippen LogP contribution in [-0.2, 0) is 6.42 Å². The van der Waals surface area contributed by atoms with Gasteiger partial charge < -0.3 is 15.8 Å². The Morgan fingerprint density at radius 2 is 2.25 bits per heavy atom. The fourth-order valence-electron chi connectivity index (χ4n) is 1.91. The molecule has 110 valence electrons. The summed E-state index contributed by atoms with van der Waals surface area (Å²) in [4.78, 5) is 11.8. The van der Waals surface area contributed by atoms with Gasteiger partial charge in [-0.05, 0) is 18.1 Å². The van der Waals surface area contributed by atoms with Crippen LogP contribution in [0.3, 0.4) is 0 Å². The van der Waals surface area contributed by atoms with Gasteiger partial charge in [0.1, 0.15) is 18.2 Å². The number of hydrogen-bond donors (Lipinski definition) is 2. The van der Waals surface area contributed by atoms with E-state index < -0.39 is 5.82 Å². The summed E-state index contributed by atoms with van der Waals surface area (Å²) in [6.07, 6.45) is 0.893. The highest BCUT2D eigenvalue weighted by Crippen LogP contribution is 2.27. The van der Waals surface area contributed by atoms with Gasteiger partial charge in [0, 0.05) is 24.7 Å². The van der Waals surface area contributed by atoms with Crippen LogP contribution >= 0.6 is 12.4 Å². The number of nitrogens with one attached hydrogen (secondary N) is 1. The molecular formula is C13H15ClF2N2O2. The van der Waals surface area contributed by atoms with Crippen molar-refractivity contribution in [2.45, 2.75) is 6.42 Å². The van der Waals surface area contributed by atoms with Crippen molar-refractivity contribution in [2.75, 3.05) is 19.7 Å². The summed E-state index contributed by atoms with van der Waals surface area (Å²) in [6, 6.07) is 2.44. The van der Waals surface area contributed by atoms with Crippen LogP contribution < -0.4 is 15.8 Å². The second-order valence-corrected chi connectivity index (χ2v) is 4.20. The number of nitrogens with two attached hydrogens (primary N) is 1. The van der Waals surface area contributed by atoms with Gasteiger partial charge >= 0.3 is 0 Å². The van der Waals surface area contributed by atoms with Crippen molar-refractivity contribution in [3.8, 4) is 5.75 Å². The van der Waals surface area contributed by atoms with Crippen molar-refractivity contribution in [3.63, 3.8) is 0 Å². The average Bonchev–Trinajstić information content (AvgIpc) is 2.39. The molecule has 0 bridgehead atoms. The molecule has 1 aliphatic rings. The van der Waals surface area contributed by atoms with Gasteiger partial charge in [-0.1, -0.05) is 0 Å². The first-order valence-electron chi connectivity index (χ1n) is 5.87. The molecule has 0 saturated heterocycles. The van der Waals surface area contributed by atoms with E-state index in [-0.39, 0.29) is 42.8 Å². The minimum absolute atomic E-state index is 0. The molecule has 1 heterocycles. The number of carbonyl (C=O) groups excluding carboxylic acids is 1. The summed E-state index contributed by atoms with van der Waals surface area (Å²) < 4.78 is 31.1. The molecule has 0 fully saturated rings. The molecule has 0 aromatic heterocycles. The maximum absolute atomic E-state index is 13.4. The normalized spacial score (nSPS) is 14.2. The van der Waals surface area contributed by atoms with E-state index in [9.17, 15) is 13.6 Å². The van der Waals surface area contributed by atoms with E-state index in [0.717, 1.165) is 6.07 Å². The smallest absolute Gasteiger partial charge is 0.255 e. The Hall–Kier alpha value is -1.66. The predicted octanol–water partition coefficient (Wildman–Crippen LogP) is 1.72. The zero-order valence-electron chi connectivity index (χ0n) is 10.6. The van der Waals surface area contributed by atoms with Crippen LogP contribution in [0.15, 0.2) is 24.0 Å². The summed E-state index contributed by atoms with van der Waals surface area (Å²) in [5.41, 5.74) is 6.43. The summed E-state index contributed by atoms with van der Waals surface area (Å²) >= 11 is 0. The maximum atomic E-state index is 13.4. The van der Waals surface area contributed by atoms with Crippen molar-refractivity contribution in [2.24, 2.45) is 5.73 Å². The molecule has 1 aromatic rings. The van der Waals surface area contributed by atoms with Gasteiger partial charge in [0.05, 0.1) is 11.9 Å². The van der Waals surface area contributed by atoms with Gasteiger partial charge in [0.2, 0.25) is 0 Å². The Labute approximate surface area is 121 Å². The first kappa shape index (κ1) is 16.4. The van der Waals surface area contributed by atoms with Crippen LogP contribution in [0.25, 0.3) is 0 Å². The molecule has 0 saturated carbocycles. The third kappa shape index (κ3) is 3.46. The molecule has 1 amide bonds. The molecule has 0 aliphatic carbocycles. The Balaban J connectivity index is 0.00000200. The lowest BCUT2D eigenvalue weighted by atomic mass is 9.99. The molecule has 3 N–H and O–H groups in total. The highest BCUT2D eigenvalue weighted by molar-refractivity contribution is 5.99. The summed E-state index contributed by atoms with van der Waals surface area (Å²) in [5, 5.41) is 2.66. The zero-order valence-corrected chi connectivity index (χ0v) is 11.4. The SMILES string of the molecule is Cl.NC/C(=C/F)COc1cc(F)cc2c1C(=O)NCC2. The topological polar surface area (TPSA) is 64.3 Å². The maximum Gasteiger partial charge on any atom is 0.255 e. The molecule has 0 spiro atoms. The van der Waals surface area contributed by atoms with Crippen LogP contribution in [0.2, 0.25) is 0 Å². The van der Waals surface area contributed by atoms with E-state index in [1.807, 2.05) is 0 Å². The van der Waals surface area contributed by atoms with Crippen LogP contribution in [0.4, 0.5) is 8.78 Å². The van der Waals surface area contributed by atoms with Gasteiger partial charge in [-0.2, -0.15) is 0 Å². The summed E-state index contributed by atoms with van der Waals surface area (Å²) in [7, 11) is 0. The third-order valence-corrected chi connectivity index (χ3v) is 2.89. The first-order chi connectivity index (χ1) is 9.15. The highest BCUT2D eigenvalue weighted by atomic mass is 35.5. The fraction of sp³-hybridized carbons (Fsp3) is 0.308. The second kappa shape index (κ2) is 7.21. The van der Waals surface area contributed by atoms with Crippen LogP contribution in [0, 0.1) is 5.82 Å². The first-order valence-corrected chi connectivity index (χ1v) is 5.87. The minimum atomic E-state index is -0.484. The average molecular weight is 305 g/mol. The Bertz CT molecular complexity index is 535. The molecule has 2 rings (SSSR count). The Morgan fingerprint density at radius 3 is 2.90 bits per heavy atom. The number of carbonyl (C=O) groups is 1.